The van der Waals surface area contributed by atoms with Crippen molar-refractivity contribution in [2.45, 2.75) is 64.8 Å². The van der Waals surface area contributed by atoms with E-state index in [4.69, 9.17) is 14.5 Å². The molecule has 0 aromatic carbocycles. The maximum atomic E-state index is 5.99. The lowest BCUT2D eigenvalue weighted by Crippen LogP contribution is -2.26. The van der Waals surface area contributed by atoms with Gasteiger partial charge in [0.15, 0.2) is 6.23 Å². The third-order valence-electron chi connectivity index (χ3n) is 5.32. The molecule has 1 aliphatic heterocycles. The summed E-state index contributed by atoms with van der Waals surface area (Å²) in [6.07, 6.45) is 5.28. The van der Waals surface area contributed by atoms with Gasteiger partial charge in [-0.3, -0.25) is 0 Å². The Morgan fingerprint density at radius 3 is 2.87 bits per heavy atom. The topological polar surface area (TPSA) is 73.2 Å². The molecule has 1 saturated heterocycles. The highest BCUT2D eigenvalue weighted by Gasteiger charge is 2.22. The lowest BCUT2D eigenvalue weighted by molar-refractivity contribution is -0.0383. The van der Waals surface area contributed by atoms with Crippen LogP contribution in [-0.2, 0) is 9.47 Å². The quantitative estimate of drug-likeness (QED) is 0.501. The average molecular weight is 444 g/mol. The van der Waals surface area contributed by atoms with E-state index in [2.05, 4.69) is 61.6 Å². The number of pyridine rings is 1. The number of methoxy groups -OCH3 is 1. The van der Waals surface area contributed by atoms with Crippen molar-refractivity contribution in [2.24, 2.45) is 0 Å². The van der Waals surface area contributed by atoms with E-state index in [1.54, 1.807) is 18.4 Å². The van der Waals surface area contributed by atoms with Crippen molar-refractivity contribution in [3.05, 3.63) is 24.4 Å². The molecule has 31 heavy (non-hydrogen) atoms. The minimum Gasteiger partial charge on any atom is -0.381 e. The molecule has 4 rings (SSSR count). The van der Waals surface area contributed by atoms with E-state index < -0.39 is 0 Å². The first-order chi connectivity index (χ1) is 14.8. The maximum absolute atomic E-state index is 5.99. The Bertz CT molecular complexity index is 1020. The molecule has 4 heterocycles. The van der Waals surface area contributed by atoms with Gasteiger partial charge in [0.05, 0.1) is 32.6 Å². The predicted molar refractivity (Wildman–Crippen MR) is 128 cm³/mol. The van der Waals surface area contributed by atoms with Gasteiger partial charge in [0.2, 0.25) is 0 Å². The van der Waals surface area contributed by atoms with Crippen LogP contribution in [0.1, 0.15) is 53.2 Å². The van der Waals surface area contributed by atoms with Gasteiger partial charge in [-0.25, -0.2) is 9.67 Å². The lowest BCUT2D eigenvalue weighted by Gasteiger charge is -2.24. The van der Waals surface area contributed by atoms with Gasteiger partial charge >= 0.3 is 0 Å². The van der Waals surface area contributed by atoms with Crippen LogP contribution in [0.4, 0.5) is 11.5 Å². The summed E-state index contributed by atoms with van der Waals surface area (Å²) in [5.74, 6) is 0.862. The Morgan fingerprint density at radius 2 is 2.16 bits per heavy atom. The van der Waals surface area contributed by atoms with Crippen LogP contribution in [-0.4, -0.2) is 46.7 Å². The Kier molecular flexibility index (Phi) is 6.50. The molecule has 0 bridgehead atoms. The summed E-state index contributed by atoms with van der Waals surface area (Å²) < 4.78 is 14.6. The first-order valence-electron chi connectivity index (χ1n) is 11.0. The lowest BCUT2D eigenvalue weighted by atomic mass is 10.1. The highest BCUT2D eigenvalue weighted by molar-refractivity contribution is 7.22. The minimum absolute atomic E-state index is 0.00943. The van der Waals surface area contributed by atoms with Crippen LogP contribution in [0.25, 0.3) is 20.8 Å². The molecule has 3 aromatic heterocycles. The molecule has 0 amide bonds. The molecule has 0 spiro atoms. The number of anilines is 2. The summed E-state index contributed by atoms with van der Waals surface area (Å²) in [5, 5.41) is 11.6. The van der Waals surface area contributed by atoms with Crippen LogP contribution in [0.3, 0.4) is 0 Å². The second kappa shape index (κ2) is 9.14. The smallest absolute Gasteiger partial charge is 0.150 e. The van der Waals surface area contributed by atoms with Crippen molar-refractivity contribution in [3.63, 3.8) is 0 Å². The van der Waals surface area contributed by atoms with E-state index in [0.717, 1.165) is 58.3 Å². The number of hydrogen-bond donors (Lipinski definition) is 2. The average Bonchev–Trinajstić information content (AvgIpc) is 3.38. The second-order valence-electron chi connectivity index (χ2n) is 9.16. The fourth-order valence-corrected chi connectivity index (χ4v) is 4.83. The fourth-order valence-electron chi connectivity index (χ4n) is 3.72. The molecule has 168 valence electrons. The Hall–Kier alpha value is -2.16. The summed E-state index contributed by atoms with van der Waals surface area (Å²) in [5.41, 5.74) is 3.04. The number of nitrogens with one attached hydrogen (secondary N) is 2. The highest BCUT2D eigenvalue weighted by atomic mass is 32.1. The number of thiophene rings is 1. The number of hydrogen-bond acceptors (Lipinski definition) is 7. The number of ether oxygens (including phenoxy) is 2. The van der Waals surface area contributed by atoms with Crippen molar-refractivity contribution in [2.75, 3.05) is 30.9 Å². The van der Waals surface area contributed by atoms with Gasteiger partial charge in [-0.2, -0.15) is 5.10 Å². The van der Waals surface area contributed by atoms with Crippen molar-refractivity contribution < 1.29 is 9.47 Å². The molecule has 0 aliphatic carbocycles. The molecule has 1 fully saturated rings. The van der Waals surface area contributed by atoms with E-state index in [1.165, 1.54) is 6.42 Å². The normalized spacial score (nSPS) is 18.3. The van der Waals surface area contributed by atoms with Gasteiger partial charge in [-0.15, -0.1) is 11.3 Å². The number of nitrogens with zero attached hydrogens (tertiary/aromatic N) is 3. The number of rotatable bonds is 7. The van der Waals surface area contributed by atoms with Crippen LogP contribution in [0.5, 0.6) is 0 Å². The van der Waals surface area contributed by atoms with Gasteiger partial charge < -0.3 is 20.1 Å². The molecule has 1 aliphatic rings. The molecule has 3 aromatic rings. The van der Waals surface area contributed by atoms with Crippen LogP contribution >= 0.6 is 11.3 Å². The van der Waals surface area contributed by atoms with Crippen molar-refractivity contribution >= 4 is 33.1 Å². The summed E-state index contributed by atoms with van der Waals surface area (Å²) in [6, 6.07) is 6.32. The fraction of sp³-hybridized carbons (Fsp3) is 0.565. The highest BCUT2D eigenvalue weighted by Crippen LogP contribution is 2.39. The Labute approximate surface area is 188 Å². The van der Waals surface area contributed by atoms with Crippen LogP contribution in [0.15, 0.2) is 24.4 Å². The van der Waals surface area contributed by atoms with Gasteiger partial charge in [0, 0.05) is 38.1 Å². The molecule has 7 nitrogen and oxygen atoms in total. The minimum atomic E-state index is -0.0758. The van der Waals surface area contributed by atoms with E-state index in [-0.39, 0.29) is 17.9 Å². The predicted octanol–water partition coefficient (Wildman–Crippen LogP) is 5.52. The summed E-state index contributed by atoms with van der Waals surface area (Å²) in [7, 11) is 1.73. The van der Waals surface area contributed by atoms with Crippen molar-refractivity contribution in [1.82, 2.24) is 14.8 Å². The largest absolute Gasteiger partial charge is 0.381 e. The Balaban J connectivity index is 1.72. The summed E-state index contributed by atoms with van der Waals surface area (Å²) in [6.45, 7) is 10.0. The zero-order chi connectivity index (χ0) is 22.0. The monoisotopic (exact) mass is 443 g/mol. The van der Waals surface area contributed by atoms with Crippen LogP contribution in [0, 0.1) is 0 Å². The molecular weight excluding hydrogens is 410 g/mol. The van der Waals surface area contributed by atoms with Gasteiger partial charge in [-0.05, 0) is 59.1 Å². The first kappa shape index (κ1) is 22.0. The van der Waals surface area contributed by atoms with E-state index in [0.29, 0.717) is 0 Å². The molecule has 8 heteroatoms. The standard InChI is InChI=1S/C23H33N5O2S/c1-15(29-5)14-24-16-13-20(27-23(2,3)4)26-17-12-19(31-22(16)17)18-9-10-25-28(18)21-8-6-7-11-30-21/h9-10,12-13,15,21H,6-8,11,14H2,1-5H3,(H2,24,26,27)/t15-,21?/m1/s1. The zero-order valence-electron chi connectivity index (χ0n) is 19.1. The van der Waals surface area contributed by atoms with Crippen molar-refractivity contribution in [1.29, 1.82) is 0 Å². The molecule has 2 N–H and O–H groups in total. The van der Waals surface area contributed by atoms with Gasteiger partial charge in [-0.1, -0.05) is 0 Å². The van der Waals surface area contributed by atoms with E-state index >= 15 is 0 Å². The zero-order valence-corrected chi connectivity index (χ0v) is 19.9. The third-order valence-corrected chi connectivity index (χ3v) is 6.50. The van der Waals surface area contributed by atoms with Crippen molar-refractivity contribution in [3.8, 4) is 10.6 Å². The Morgan fingerprint density at radius 1 is 1.32 bits per heavy atom. The molecule has 1 unspecified atom stereocenters. The summed E-state index contributed by atoms with van der Waals surface area (Å²) in [4.78, 5) is 6.05. The van der Waals surface area contributed by atoms with Gasteiger partial charge in [0.25, 0.3) is 0 Å². The second-order valence-corrected chi connectivity index (χ2v) is 10.2. The van der Waals surface area contributed by atoms with Crippen LogP contribution in [0.2, 0.25) is 0 Å². The molecule has 0 radical (unpaired) electrons. The summed E-state index contributed by atoms with van der Waals surface area (Å²) >= 11 is 1.74. The molecule has 2 atom stereocenters. The molecule has 0 saturated carbocycles. The number of fused-ring (bicyclic) bond motifs is 1. The maximum Gasteiger partial charge on any atom is 0.150 e. The number of aromatic nitrogens is 3. The van der Waals surface area contributed by atoms with Gasteiger partial charge in [0.1, 0.15) is 5.82 Å². The van der Waals surface area contributed by atoms with E-state index in [9.17, 15) is 0 Å². The third kappa shape index (κ3) is 5.19. The first-order valence-corrected chi connectivity index (χ1v) is 11.8. The van der Waals surface area contributed by atoms with E-state index in [1.807, 2.05) is 10.9 Å². The SMILES string of the molecule is CO[C@H](C)CNc1cc(NC(C)(C)C)nc2cc(-c3ccnn3C3CCCCO3)sc12. The molecular formula is C23H33N5O2S. The van der Waals surface area contributed by atoms with Crippen LogP contribution < -0.4 is 10.6 Å².